The van der Waals surface area contributed by atoms with Gasteiger partial charge in [-0.25, -0.2) is 4.79 Å². The van der Waals surface area contributed by atoms with Gasteiger partial charge in [-0.15, -0.1) is 0 Å². The number of aliphatic hydroxyl groups is 1. The van der Waals surface area contributed by atoms with Crippen molar-refractivity contribution in [3.8, 4) is 0 Å². The average molecular weight is 556 g/mol. The van der Waals surface area contributed by atoms with Crippen LogP contribution in [0.15, 0.2) is 30.3 Å². The highest BCUT2D eigenvalue weighted by Gasteiger charge is 2.30. The van der Waals surface area contributed by atoms with Gasteiger partial charge in [0.2, 0.25) is 6.23 Å². The number of hydrogen-bond acceptors (Lipinski definition) is 4. The minimum Gasteiger partial charge on any atom is -1.00 e. The number of rotatable bonds is 17. The van der Waals surface area contributed by atoms with E-state index in [0.717, 1.165) is 10.5 Å². The molecule has 0 aliphatic rings. The van der Waals surface area contributed by atoms with Crippen molar-refractivity contribution < 1.29 is 28.6 Å². The lowest BCUT2D eigenvalue weighted by molar-refractivity contribution is -0.929. The molecule has 1 rings (SSSR count). The fourth-order valence-electron chi connectivity index (χ4n) is 4.33. The third kappa shape index (κ3) is 17.9. The number of ether oxygens (including phenoxy) is 1. The molecule has 228 valence electrons. The molecule has 3 N–H and O–H groups in total. The Bertz CT molecular complexity index is 718. The molecule has 39 heavy (non-hydrogen) atoms. The average Bonchev–Trinajstić information content (AvgIpc) is 2.87. The number of nitrogens with two attached hydrogens (primary N) is 1. The maximum absolute atomic E-state index is 12.1. The highest BCUT2D eigenvalue weighted by atomic mass is 19.0. The van der Waals surface area contributed by atoms with Gasteiger partial charge in [0.25, 0.3) is 5.91 Å². The third-order valence-electron chi connectivity index (χ3n) is 6.61. The molecule has 0 aromatic heterocycles. The Balaban J connectivity index is 0. The zero-order valence-corrected chi connectivity index (χ0v) is 25.9. The van der Waals surface area contributed by atoms with Crippen molar-refractivity contribution >= 4 is 12.0 Å². The molecule has 0 heterocycles. The van der Waals surface area contributed by atoms with Crippen LogP contribution in [0.4, 0.5) is 4.79 Å². The lowest BCUT2D eigenvalue weighted by Crippen LogP contribution is -3.00. The van der Waals surface area contributed by atoms with Gasteiger partial charge >= 0.3 is 6.09 Å². The Kier molecular flexibility index (Phi) is 21.6. The van der Waals surface area contributed by atoms with Crippen LogP contribution in [-0.4, -0.2) is 71.0 Å². The summed E-state index contributed by atoms with van der Waals surface area (Å²) >= 11 is 0. The highest BCUT2D eigenvalue weighted by molar-refractivity contribution is 5.82. The number of nitrogens with zero attached hydrogens (tertiary/aromatic N) is 2. The van der Waals surface area contributed by atoms with Crippen LogP contribution in [0.1, 0.15) is 105 Å². The van der Waals surface area contributed by atoms with Crippen LogP contribution in [0.3, 0.4) is 0 Å². The molecule has 0 radical (unpaired) electrons. The molecule has 0 bridgehead atoms. The standard InChI is InChI=1S/C16H36N.C15H22N2O4.FH/c1-5-9-13-17(14-10-6-2,15-11-7-3)16-12-8-4;1-15(2,3)21-14(20)17(13(19)12(16)18)10-9-11-7-5-4-6-8-11;/h5-16H2,1-4H3;4-8,13,19H,9-10H2,1-3H3,(H2,16,18);1H/q+1;;/p-1/t;13-;/m.0./s1. The lowest BCUT2D eigenvalue weighted by atomic mass is 10.1. The summed E-state index contributed by atoms with van der Waals surface area (Å²) in [5, 5.41) is 9.78. The van der Waals surface area contributed by atoms with E-state index in [0.29, 0.717) is 6.42 Å². The minimum atomic E-state index is -1.71. The van der Waals surface area contributed by atoms with Gasteiger partial charge in [0.1, 0.15) is 5.60 Å². The van der Waals surface area contributed by atoms with Gasteiger partial charge in [0.05, 0.1) is 26.2 Å². The Morgan fingerprint density at radius 1 is 0.872 bits per heavy atom. The Labute approximate surface area is 238 Å². The number of quaternary nitrogens is 1. The molecule has 0 saturated carbocycles. The van der Waals surface area contributed by atoms with Gasteiger partial charge in [0.15, 0.2) is 0 Å². The van der Waals surface area contributed by atoms with Crippen LogP contribution in [0.25, 0.3) is 0 Å². The van der Waals surface area contributed by atoms with Gasteiger partial charge in [-0.05, 0) is 58.4 Å². The van der Waals surface area contributed by atoms with E-state index in [4.69, 9.17) is 10.5 Å². The molecule has 0 aliphatic heterocycles. The van der Waals surface area contributed by atoms with Crippen LogP contribution < -0.4 is 10.4 Å². The molecule has 0 saturated heterocycles. The summed E-state index contributed by atoms with van der Waals surface area (Å²) < 4.78 is 6.60. The molecule has 1 aromatic rings. The van der Waals surface area contributed by atoms with Crippen LogP contribution >= 0.6 is 0 Å². The second kappa shape index (κ2) is 21.6. The number of unbranched alkanes of at least 4 members (excludes halogenated alkanes) is 4. The predicted molar refractivity (Wildman–Crippen MR) is 158 cm³/mol. The molecular weight excluding hydrogens is 497 g/mol. The number of benzene rings is 1. The summed E-state index contributed by atoms with van der Waals surface area (Å²) in [7, 11) is 0. The molecular formula is C31H58FN3O4. The van der Waals surface area contributed by atoms with E-state index >= 15 is 0 Å². The molecule has 0 unspecified atom stereocenters. The van der Waals surface area contributed by atoms with Gasteiger partial charge in [0, 0.05) is 6.54 Å². The first-order chi connectivity index (χ1) is 17.9. The van der Waals surface area contributed by atoms with Crippen molar-refractivity contribution in [1.82, 2.24) is 4.90 Å². The third-order valence-corrected chi connectivity index (χ3v) is 6.61. The first kappa shape index (κ1) is 39.0. The van der Waals surface area contributed by atoms with E-state index in [2.05, 4.69) is 27.7 Å². The summed E-state index contributed by atoms with van der Waals surface area (Å²) in [6.45, 7) is 20.3. The number of hydrogen-bond donors (Lipinski definition) is 2. The maximum Gasteiger partial charge on any atom is 0.412 e. The molecule has 1 aromatic carbocycles. The summed E-state index contributed by atoms with van der Waals surface area (Å²) in [5.41, 5.74) is 5.32. The van der Waals surface area contributed by atoms with Gasteiger partial charge in [-0.3, -0.25) is 9.69 Å². The zero-order valence-electron chi connectivity index (χ0n) is 25.9. The summed E-state index contributed by atoms with van der Waals surface area (Å²) in [6.07, 6.45) is 9.06. The van der Waals surface area contributed by atoms with Gasteiger partial charge in [-0.2, -0.15) is 0 Å². The smallest absolute Gasteiger partial charge is 0.412 e. The summed E-state index contributed by atoms with van der Waals surface area (Å²) in [5.74, 6) is -0.992. The second-order valence-electron chi connectivity index (χ2n) is 11.3. The monoisotopic (exact) mass is 555 g/mol. The first-order valence-electron chi connectivity index (χ1n) is 14.8. The van der Waals surface area contributed by atoms with E-state index in [1.807, 2.05) is 30.3 Å². The second-order valence-corrected chi connectivity index (χ2v) is 11.3. The van der Waals surface area contributed by atoms with E-state index in [1.54, 1.807) is 20.8 Å². The van der Waals surface area contributed by atoms with Crippen molar-refractivity contribution in [3.63, 3.8) is 0 Å². The van der Waals surface area contributed by atoms with Crippen molar-refractivity contribution in [2.75, 3.05) is 32.7 Å². The minimum absolute atomic E-state index is 0. The number of aliphatic hydroxyl groups excluding tert-OH is 1. The number of carbonyl (C=O) groups excluding carboxylic acids is 2. The van der Waals surface area contributed by atoms with Crippen molar-refractivity contribution in [2.24, 2.45) is 5.73 Å². The van der Waals surface area contributed by atoms with Crippen molar-refractivity contribution in [2.45, 2.75) is 118 Å². The van der Waals surface area contributed by atoms with E-state index in [1.165, 1.54) is 82.0 Å². The largest absolute Gasteiger partial charge is 1.00 e. The Hall–Kier alpha value is -2.19. The lowest BCUT2D eigenvalue weighted by Gasteiger charge is -2.39. The molecule has 0 spiro atoms. The highest BCUT2D eigenvalue weighted by Crippen LogP contribution is 2.16. The normalized spacial score (nSPS) is 12.0. The fourth-order valence-corrected chi connectivity index (χ4v) is 4.33. The van der Waals surface area contributed by atoms with E-state index < -0.39 is 23.8 Å². The van der Waals surface area contributed by atoms with Gasteiger partial charge in [-0.1, -0.05) is 83.7 Å². The van der Waals surface area contributed by atoms with Crippen LogP contribution in [-0.2, 0) is 16.0 Å². The van der Waals surface area contributed by atoms with Crippen LogP contribution in [0.5, 0.6) is 0 Å². The Morgan fingerprint density at radius 3 is 1.62 bits per heavy atom. The van der Waals surface area contributed by atoms with E-state index in [9.17, 15) is 14.7 Å². The van der Waals surface area contributed by atoms with Crippen molar-refractivity contribution in [3.05, 3.63) is 35.9 Å². The molecule has 8 heteroatoms. The molecule has 1 atom stereocenters. The SMILES string of the molecule is CC(C)(C)OC(=O)N(CCc1ccccc1)[C@@H](O)C(N)=O.CCCC[N+](CCCC)(CCCC)CCCC.[F-]. The number of amides is 2. The molecule has 7 nitrogen and oxygen atoms in total. The van der Waals surface area contributed by atoms with Crippen molar-refractivity contribution in [1.29, 1.82) is 0 Å². The zero-order chi connectivity index (χ0) is 29.0. The topological polar surface area (TPSA) is 92.9 Å². The number of carbonyl (C=O) groups is 2. The van der Waals surface area contributed by atoms with Gasteiger partial charge < -0.3 is 24.8 Å². The number of halogens is 1. The summed E-state index contributed by atoms with van der Waals surface area (Å²) in [4.78, 5) is 24.1. The number of primary amides is 1. The molecule has 0 fully saturated rings. The first-order valence-corrected chi connectivity index (χ1v) is 14.8. The quantitative estimate of drug-likeness (QED) is 0.228. The maximum atomic E-state index is 12.1. The fraction of sp³-hybridized carbons (Fsp3) is 0.742. The predicted octanol–water partition coefficient (Wildman–Crippen LogP) is 3.28. The van der Waals surface area contributed by atoms with E-state index in [-0.39, 0.29) is 11.2 Å². The Morgan fingerprint density at radius 2 is 1.28 bits per heavy atom. The summed E-state index contributed by atoms with van der Waals surface area (Å²) in [6, 6.07) is 9.41. The van der Waals surface area contributed by atoms with Crippen LogP contribution in [0, 0.1) is 0 Å². The molecule has 2 amide bonds. The van der Waals surface area contributed by atoms with Crippen LogP contribution in [0.2, 0.25) is 0 Å². The molecule has 0 aliphatic carbocycles.